The highest BCUT2D eigenvalue weighted by atomic mass is 16.5. The maximum Gasteiger partial charge on any atom is 0.172 e. The molecule has 4 heteroatoms. The number of pyridine rings is 2. The average Bonchev–Trinajstić information content (AvgIpc) is 2.37. The molecule has 0 fully saturated rings. The van der Waals surface area contributed by atoms with Crippen LogP contribution in [0, 0.1) is 13.8 Å². The molecular formula is C14H14N2O2. The molecule has 2 heterocycles. The number of nitrogens with zero attached hydrogens (tertiary/aromatic N) is 2. The zero-order valence-electron chi connectivity index (χ0n) is 10.4. The molecule has 0 radical (unpaired) electrons. The second-order valence-corrected chi connectivity index (χ2v) is 4.11. The monoisotopic (exact) mass is 242 g/mol. The van der Waals surface area contributed by atoms with Gasteiger partial charge in [0.2, 0.25) is 0 Å². The van der Waals surface area contributed by atoms with Crippen LogP contribution in [0.25, 0.3) is 0 Å². The molecule has 0 atom stereocenters. The first-order chi connectivity index (χ1) is 8.69. The first-order valence-electron chi connectivity index (χ1n) is 5.65. The molecule has 0 aliphatic rings. The van der Waals surface area contributed by atoms with Crippen molar-refractivity contribution in [3.8, 4) is 5.75 Å². The Kier molecular flexibility index (Phi) is 3.67. The van der Waals surface area contributed by atoms with Crippen molar-refractivity contribution in [3.05, 3.63) is 53.1 Å². The summed E-state index contributed by atoms with van der Waals surface area (Å²) in [5.41, 5.74) is 3.17. The fraction of sp³-hybridized carbons (Fsp3) is 0.214. The summed E-state index contributed by atoms with van der Waals surface area (Å²) >= 11 is 0. The van der Waals surface area contributed by atoms with Crippen LogP contribution < -0.4 is 4.74 Å². The number of aldehydes is 1. The zero-order valence-corrected chi connectivity index (χ0v) is 10.4. The fourth-order valence-corrected chi connectivity index (χ4v) is 1.63. The van der Waals surface area contributed by atoms with Gasteiger partial charge in [-0.15, -0.1) is 0 Å². The summed E-state index contributed by atoms with van der Waals surface area (Å²) in [5.74, 6) is 0.497. The first-order valence-corrected chi connectivity index (χ1v) is 5.65. The Labute approximate surface area is 106 Å². The standard InChI is InChI=1S/C14H14N2O2/c1-10-5-12(7-15-6-10)9-18-14-4-3-11(2)16-13(14)8-17/h3-8H,9H2,1-2H3. The molecule has 0 N–H and O–H groups in total. The summed E-state index contributed by atoms with van der Waals surface area (Å²) in [7, 11) is 0. The van der Waals surface area contributed by atoms with Gasteiger partial charge >= 0.3 is 0 Å². The molecule has 0 bridgehead atoms. The molecule has 2 rings (SSSR count). The molecule has 0 aliphatic carbocycles. The van der Waals surface area contributed by atoms with Gasteiger partial charge in [0.1, 0.15) is 18.1 Å². The third kappa shape index (κ3) is 2.91. The minimum Gasteiger partial charge on any atom is -0.486 e. The molecule has 92 valence electrons. The van der Waals surface area contributed by atoms with Crippen molar-refractivity contribution in [1.29, 1.82) is 0 Å². The summed E-state index contributed by atoms with van der Waals surface area (Å²) in [6.45, 7) is 4.18. The van der Waals surface area contributed by atoms with Crippen LogP contribution in [-0.4, -0.2) is 16.3 Å². The van der Waals surface area contributed by atoms with Crippen molar-refractivity contribution >= 4 is 6.29 Å². The Bertz CT molecular complexity index is 567. The molecule has 4 nitrogen and oxygen atoms in total. The molecule has 0 saturated carbocycles. The SMILES string of the molecule is Cc1cncc(COc2ccc(C)nc2C=O)c1. The van der Waals surface area contributed by atoms with Crippen LogP contribution in [0.15, 0.2) is 30.6 Å². The molecule has 0 aromatic carbocycles. The minimum atomic E-state index is 0.329. The van der Waals surface area contributed by atoms with E-state index in [0.717, 1.165) is 16.8 Å². The smallest absolute Gasteiger partial charge is 0.172 e. The Morgan fingerprint density at radius 2 is 2.11 bits per heavy atom. The second kappa shape index (κ2) is 5.40. The Morgan fingerprint density at radius 3 is 2.83 bits per heavy atom. The lowest BCUT2D eigenvalue weighted by Gasteiger charge is -2.08. The third-order valence-corrected chi connectivity index (χ3v) is 2.46. The van der Waals surface area contributed by atoms with Gasteiger partial charge in [-0.1, -0.05) is 0 Å². The van der Waals surface area contributed by atoms with Gasteiger partial charge in [-0.2, -0.15) is 0 Å². The predicted molar refractivity (Wildman–Crippen MR) is 67.7 cm³/mol. The number of ether oxygens (including phenoxy) is 1. The van der Waals surface area contributed by atoms with Crippen molar-refractivity contribution in [1.82, 2.24) is 9.97 Å². The Hall–Kier alpha value is -2.23. The predicted octanol–water partition coefficient (Wildman–Crippen LogP) is 2.48. The zero-order chi connectivity index (χ0) is 13.0. The summed E-state index contributed by atoms with van der Waals surface area (Å²) in [5, 5.41) is 0. The van der Waals surface area contributed by atoms with E-state index >= 15 is 0 Å². The third-order valence-electron chi connectivity index (χ3n) is 2.46. The Morgan fingerprint density at radius 1 is 1.28 bits per heavy atom. The number of hydrogen-bond acceptors (Lipinski definition) is 4. The molecular weight excluding hydrogens is 228 g/mol. The minimum absolute atomic E-state index is 0.329. The molecule has 0 spiro atoms. The lowest BCUT2D eigenvalue weighted by atomic mass is 10.2. The van der Waals surface area contributed by atoms with Crippen LogP contribution in [-0.2, 0) is 6.61 Å². The van der Waals surface area contributed by atoms with Gasteiger partial charge in [0.15, 0.2) is 6.29 Å². The molecule has 0 saturated heterocycles. The Balaban J connectivity index is 2.13. The van der Waals surface area contributed by atoms with Crippen LogP contribution in [0.5, 0.6) is 5.75 Å². The topological polar surface area (TPSA) is 52.1 Å². The van der Waals surface area contributed by atoms with E-state index in [1.54, 1.807) is 18.5 Å². The summed E-state index contributed by atoms with van der Waals surface area (Å²) < 4.78 is 5.59. The molecule has 2 aromatic rings. The van der Waals surface area contributed by atoms with Gasteiger partial charge in [0.05, 0.1) is 0 Å². The van der Waals surface area contributed by atoms with Gasteiger partial charge < -0.3 is 4.74 Å². The van der Waals surface area contributed by atoms with Gasteiger partial charge in [0, 0.05) is 23.7 Å². The summed E-state index contributed by atoms with van der Waals surface area (Å²) in [6.07, 6.45) is 4.24. The van der Waals surface area contributed by atoms with Crippen LogP contribution in [0.4, 0.5) is 0 Å². The number of aromatic nitrogens is 2. The van der Waals surface area contributed by atoms with E-state index in [1.165, 1.54) is 0 Å². The van der Waals surface area contributed by atoms with Gasteiger partial charge in [-0.05, 0) is 37.6 Å². The highest BCUT2D eigenvalue weighted by Crippen LogP contribution is 2.16. The van der Waals surface area contributed by atoms with E-state index < -0.39 is 0 Å². The summed E-state index contributed by atoms with van der Waals surface area (Å²) in [6, 6.07) is 5.57. The van der Waals surface area contributed by atoms with Crippen molar-refractivity contribution in [2.75, 3.05) is 0 Å². The highest BCUT2D eigenvalue weighted by molar-refractivity contribution is 5.76. The van der Waals surface area contributed by atoms with E-state index in [4.69, 9.17) is 4.74 Å². The largest absolute Gasteiger partial charge is 0.486 e. The van der Waals surface area contributed by atoms with E-state index in [9.17, 15) is 4.79 Å². The van der Waals surface area contributed by atoms with Crippen molar-refractivity contribution in [2.24, 2.45) is 0 Å². The lowest BCUT2D eigenvalue weighted by molar-refractivity contribution is 0.111. The van der Waals surface area contributed by atoms with Crippen LogP contribution >= 0.6 is 0 Å². The van der Waals surface area contributed by atoms with Gasteiger partial charge in [-0.3, -0.25) is 9.78 Å². The maximum absolute atomic E-state index is 10.9. The lowest BCUT2D eigenvalue weighted by Crippen LogP contribution is -2.01. The number of rotatable bonds is 4. The van der Waals surface area contributed by atoms with Gasteiger partial charge in [0.25, 0.3) is 0 Å². The highest BCUT2D eigenvalue weighted by Gasteiger charge is 2.05. The first kappa shape index (κ1) is 12.2. The fourth-order valence-electron chi connectivity index (χ4n) is 1.63. The summed E-state index contributed by atoms with van der Waals surface area (Å²) in [4.78, 5) is 19.1. The second-order valence-electron chi connectivity index (χ2n) is 4.11. The van der Waals surface area contributed by atoms with E-state index in [0.29, 0.717) is 24.3 Å². The van der Waals surface area contributed by atoms with Crippen molar-refractivity contribution < 1.29 is 9.53 Å². The molecule has 18 heavy (non-hydrogen) atoms. The van der Waals surface area contributed by atoms with E-state index in [-0.39, 0.29) is 0 Å². The molecule has 0 amide bonds. The molecule has 0 aliphatic heterocycles. The van der Waals surface area contributed by atoms with Crippen molar-refractivity contribution in [2.45, 2.75) is 20.5 Å². The number of hydrogen-bond donors (Lipinski definition) is 0. The average molecular weight is 242 g/mol. The maximum atomic E-state index is 10.9. The van der Waals surface area contributed by atoms with Crippen LogP contribution in [0.3, 0.4) is 0 Å². The van der Waals surface area contributed by atoms with E-state index in [1.807, 2.05) is 26.0 Å². The quantitative estimate of drug-likeness (QED) is 0.773. The molecule has 2 aromatic heterocycles. The van der Waals surface area contributed by atoms with E-state index in [2.05, 4.69) is 9.97 Å². The number of aryl methyl sites for hydroxylation is 2. The number of carbonyl (C=O) groups excluding carboxylic acids is 1. The van der Waals surface area contributed by atoms with Crippen molar-refractivity contribution in [3.63, 3.8) is 0 Å². The van der Waals surface area contributed by atoms with Gasteiger partial charge in [-0.25, -0.2) is 4.98 Å². The normalized spacial score (nSPS) is 10.1. The van der Waals surface area contributed by atoms with Crippen LogP contribution in [0.2, 0.25) is 0 Å². The van der Waals surface area contributed by atoms with Crippen LogP contribution in [0.1, 0.15) is 27.3 Å². The molecule has 0 unspecified atom stereocenters. The number of carbonyl (C=O) groups is 1.